The fourth-order valence-electron chi connectivity index (χ4n) is 4.70. The number of urea groups is 1. The molecule has 3 aliphatic heterocycles. The summed E-state index contributed by atoms with van der Waals surface area (Å²) in [6.07, 6.45) is 13.1. The van der Waals surface area contributed by atoms with Gasteiger partial charge in [-0.05, 0) is 47.8 Å². The van der Waals surface area contributed by atoms with Crippen molar-refractivity contribution < 1.29 is 9.59 Å². The van der Waals surface area contributed by atoms with Crippen molar-refractivity contribution >= 4 is 23.3 Å². The highest BCUT2D eigenvalue weighted by Gasteiger charge is 2.54. The number of thiazole rings is 1. The number of hydrogen-bond donors (Lipinski definition) is 2. The lowest BCUT2D eigenvalue weighted by molar-refractivity contribution is -0.132. The zero-order valence-corrected chi connectivity index (χ0v) is 17.1. The molecule has 0 bridgehead atoms. The summed E-state index contributed by atoms with van der Waals surface area (Å²) in [5.41, 5.74) is 2.55. The van der Waals surface area contributed by atoms with Gasteiger partial charge in [-0.1, -0.05) is 0 Å². The van der Waals surface area contributed by atoms with Gasteiger partial charge in [-0.2, -0.15) is 0 Å². The van der Waals surface area contributed by atoms with E-state index in [1.807, 2.05) is 35.0 Å². The summed E-state index contributed by atoms with van der Waals surface area (Å²) < 4.78 is 0. The highest BCUT2D eigenvalue weighted by molar-refractivity contribution is 7.09. The Hall–Kier alpha value is -2.61. The number of carbonyl (C=O) groups excluding carboxylic acids is 2. The molecule has 1 saturated carbocycles. The van der Waals surface area contributed by atoms with Gasteiger partial charge in [-0.15, -0.1) is 11.3 Å². The van der Waals surface area contributed by atoms with Crippen molar-refractivity contribution in [2.75, 3.05) is 26.2 Å². The molecule has 1 aromatic heterocycles. The third-order valence-electron chi connectivity index (χ3n) is 6.64. The number of fused-ring (bicyclic) bond motifs is 1. The molecule has 1 unspecified atom stereocenters. The average Bonchev–Trinajstić information content (AvgIpc) is 3.09. The molecule has 1 aromatic rings. The van der Waals surface area contributed by atoms with Gasteiger partial charge in [0.05, 0.1) is 13.0 Å². The van der Waals surface area contributed by atoms with E-state index in [9.17, 15) is 9.59 Å². The van der Waals surface area contributed by atoms with Gasteiger partial charge in [0.25, 0.3) is 0 Å². The Balaban J connectivity index is 1.07. The second-order valence-corrected chi connectivity index (χ2v) is 9.29. The topological polar surface area (TPSA) is 77.6 Å². The van der Waals surface area contributed by atoms with Gasteiger partial charge >= 0.3 is 6.03 Å². The molecule has 4 heterocycles. The molecule has 0 radical (unpaired) electrons. The van der Waals surface area contributed by atoms with Crippen LogP contribution in [0, 0.1) is 11.3 Å². The molecule has 1 aliphatic carbocycles. The number of allylic oxidation sites excluding steroid dienone is 1. The van der Waals surface area contributed by atoms with Gasteiger partial charge < -0.3 is 15.5 Å². The summed E-state index contributed by atoms with van der Waals surface area (Å²) in [4.78, 5) is 32.9. The molecular formula is C21H25N5O2S. The van der Waals surface area contributed by atoms with Crippen LogP contribution in [0.15, 0.2) is 47.4 Å². The monoisotopic (exact) mass is 411 g/mol. The number of piperidine rings is 1. The van der Waals surface area contributed by atoms with Crippen LogP contribution in [0.5, 0.6) is 0 Å². The van der Waals surface area contributed by atoms with Crippen molar-refractivity contribution in [1.29, 1.82) is 0 Å². The number of hydrogen-bond acceptors (Lipinski definition) is 5. The minimum absolute atomic E-state index is 0.0284. The summed E-state index contributed by atoms with van der Waals surface area (Å²) in [6.45, 7) is 2.98. The molecule has 1 saturated heterocycles. The number of nitrogens with one attached hydrogen (secondary N) is 2. The zero-order chi connectivity index (χ0) is 19.8. The highest BCUT2D eigenvalue weighted by atomic mass is 32.1. The van der Waals surface area contributed by atoms with Crippen LogP contribution in [-0.2, 0) is 11.2 Å². The average molecular weight is 412 g/mol. The lowest BCUT2D eigenvalue weighted by atomic mass is 9.90. The normalized spacial score (nSPS) is 23.9. The Labute approximate surface area is 174 Å². The minimum atomic E-state index is -0.0284. The molecule has 2 fully saturated rings. The first kappa shape index (κ1) is 18.4. The number of nitrogens with zero attached hydrogens (tertiary/aromatic N) is 3. The van der Waals surface area contributed by atoms with E-state index in [1.54, 1.807) is 11.1 Å². The summed E-state index contributed by atoms with van der Waals surface area (Å²) in [6, 6.07) is -0.0284. The number of carbonyl (C=O) groups is 2. The Morgan fingerprint density at radius 2 is 2.21 bits per heavy atom. The first-order chi connectivity index (χ1) is 14.1. The third kappa shape index (κ3) is 3.69. The van der Waals surface area contributed by atoms with Crippen LogP contribution in [0.4, 0.5) is 4.79 Å². The number of dihydropyridines is 1. The SMILES string of the molecule is O=C(NCC1CC12CCN(C(=O)Cc1nccs1)CC2)N1C=C2C=CNC=C2C1. The Morgan fingerprint density at radius 1 is 1.34 bits per heavy atom. The molecule has 0 aromatic carbocycles. The molecule has 2 N–H and O–H groups in total. The van der Waals surface area contributed by atoms with Gasteiger partial charge in [0.1, 0.15) is 5.01 Å². The van der Waals surface area contributed by atoms with Crippen LogP contribution in [0.3, 0.4) is 0 Å². The lowest BCUT2D eigenvalue weighted by Crippen LogP contribution is -2.41. The molecule has 7 nitrogen and oxygen atoms in total. The van der Waals surface area contributed by atoms with Crippen LogP contribution in [-0.4, -0.2) is 52.9 Å². The van der Waals surface area contributed by atoms with Crippen molar-refractivity contribution in [1.82, 2.24) is 25.4 Å². The van der Waals surface area contributed by atoms with Crippen LogP contribution in [0.2, 0.25) is 0 Å². The smallest absolute Gasteiger partial charge is 0.321 e. The van der Waals surface area contributed by atoms with Gasteiger partial charge in [-0.25, -0.2) is 9.78 Å². The van der Waals surface area contributed by atoms with Gasteiger partial charge in [-0.3, -0.25) is 9.69 Å². The number of rotatable bonds is 4. The summed E-state index contributed by atoms with van der Waals surface area (Å²) in [5, 5.41) is 8.98. The van der Waals surface area contributed by atoms with Gasteiger partial charge in [0.2, 0.25) is 5.91 Å². The molecule has 1 atom stereocenters. The van der Waals surface area contributed by atoms with Crippen molar-refractivity contribution in [3.05, 3.63) is 52.4 Å². The number of likely N-dealkylation sites (tertiary alicyclic amines) is 1. The maximum Gasteiger partial charge on any atom is 0.321 e. The van der Waals surface area contributed by atoms with Crippen LogP contribution in [0.25, 0.3) is 0 Å². The number of amides is 3. The maximum atomic E-state index is 12.5. The predicted molar refractivity (Wildman–Crippen MR) is 111 cm³/mol. The van der Waals surface area contributed by atoms with E-state index in [0.717, 1.165) is 55.1 Å². The number of aromatic nitrogens is 1. The molecule has 4 aliphatic rings. The maximum absolute atomic E-state index is 12.5. The summed E-state index contributed by atoms with van der Waals surface area (Å²) in [7, 11) is 0. The third-order valence-corrected chi connectivity index (χ3v) is 7.42. The fourth-order valence-corrected chi connectivity index (χ4v) is 5.30. The second kappa shape index (κ2) is 7.33. The van der Waals surface area contributed by atoms with Crippen molar-refractivity contribution in [2.45, 2.75) is 25.7 Å². The molecule has 5 rings (SSSR count). The van der Waals surface area contributed by atoms with E-state index in [-0.39, 0.29) is 11.9 Å². The van der Waals surface area contributed by atoms with E-state index in [0.29, 0.717) is 24.3 Å². The highest BCUT2D eigenvalue weighted by Crippen LogP contribution is 2.59. The van der Waals surface area contributed by atoms with E-state index < -0.39 is 0 Å². The summed E-state index contributed by atoms with van der Waals surface area (Å²) >= 11 is 1.54. The van der Waals surface area contributed by atoms with Crippen molar-refractivity contribution in [3.63, 3.8) is 0 Å². The Morgan fingerprint density at radius 3 is 2.97 bits per heavy atom. The molecule has 1 spiro atoms. The zero-order valence-electron chi connectivity index (χ0n) is 16.3. The molecule has 8 heteroatoms. The van der Waals surface area contributed by atoms with Gasteiger partial charge in [0, 0.05) is 49.8 Å². The quantitative estimate of drug-likeness (QED) is 0.797. The standard InChI is InChI=1S/C21H25N5O2S/c27-19(9-18-23-5-8-29-18)25-6-2-21(3-7-25)10-17(21)12-24-20(28)26-13-15-1-4-22-11-16(15)14-26/h1,4-5,8,11,13,17,22H,2-3,6-7,9-10,12,14H2,(H,24,28). The second-order valence-electron chi connectivity index (χ2n) is 8.31. The van der Waals surface area contributed by atoms with Crippen LogP contribution >= 0.6 is 11.3 Å². The van der Waals surface area contributed by atoms with E-state index in [1.165, 1.54) is 11.3 Å². The minimum Gasteiger partial charge on any atom is -0.367 e. The Bertz CT molecular complexity index is 896. The van der Waals surface area contributed by atoms with E-state index >= 15 is 0 Å². The van der Waals surface area contributed by atoms with Crippen LogP contribution in [0.1, 0.15) is 24.3 Å². The molecule has 29 heavy (non-hydrogen) atoms. The largest absolute Gasteiger partial charge is 0.367 e. The van der Waals surface area contributed by atoms with Crippen molar-refractivity contribution in [3.8, 4) is 0 Å². The molecule has 3 amide bonds. The predicted octanol–water partition coefficient (Wildman–Crippen LogP) is 2.22. The van der Waals surface area contributed by atoms with Crippen LogP contribution < -0.4 is 10.6 Å². The molecule has 152 valence electrons. The molecular weight excluding hydrogens is 386 g/mol. The fraction of sp³-hybridized carbons (Fsp3) is 0.476. The lowest BCUT2D eigenvalue weighted by Gasteiger charge is -2.33. The Kier molecular flexibility index (Phi) is 4.66. The first-order valence-corrected chi connectivity index (χ1v) is 11.1. The van der Waals surface area contributed by atoms with Crippen molar-refractivity contribution in [2.24, 2.45) is 11.3 Å². The van der Waals surface area contributed by atoms with E-state index in [4.69, 9.17) is 0 Å². The summed E-state index contributed by atoms with van der Waals surface area (Å²) in [5.74, 6) is 0.711. The first-order valence-electron chi connectivity index (χ1n) is 10.2. The van der Waals surface area contributed by atoms with E-state index in [2.05, 4.69) is 15.6 Å². The van der Waals surface area contributed by atoms with Gasteiger partial charge in [0.15, 0.2) is 0 Å².